The van der Waals surface area contributed by atoms with Crippen molar-refractivity contribution in [1.29, 1.82) is 5.41 Å². The molecule has 0 radical (unpaired) electrons. The fourth-order valence-corrected chi connectivity index (χ4v) is 0.358. The first-order valence-corrected chi connectivity index (χ1v) is 2.20. The van der Waals surface area contributed by atoms with Crippen molar-refractivity contribution < 1.29 is 0 Å². The molecule has 1 aromatic heterocycles. The van der Waals surface area contributed by atoms with Crippen LogP contribution in [0.3, 0.4) is 0 Å². The zero-order valence-electron chi connectivity index (χ0n) is 4.20. The van der Waals surface area contributed by atoms with E-state index in [1.54, 1.807) is 0 Å². The minimum absolute atomic E-state index is 0.238. The van der Waals surface area contributed by atoms with Crippen molar-refractivity contribution in [1.82, 2.24) is 9.97 Å². The molecular formula is C5H5N3. The van der Waals surface area contributed by atoms with Crippen LogP contribution in [0.1, 0.15) is 0 Å². The second kappa shape index (κ2) is 2.16. The van der Waals surface area contributed by atoms with Crippen molar-refractivity contribution in [3.63, 3.8) is 0 Å². The van der Waals surface area contributed by atoms with Crippen LogP contribution in [0.4, 0.5) is 0 Å². The molecule has 1 N–H and O–H groups in total. The molecule has 0 aromatic carbocycles. The molecule has 8 heavy (non-hydrogen) atoms. The van der Waals surface area contributed by atoms with E-state index in [0.29, 0.717) is 0 Å². The Bertz CT molecular complexity index is 198. The molecule has 1 rings (SSSR count). The van der Waals surface area contributed by atoms with Gasteiger partial charge in [0.2, 0.25) is 0 Å². The molecule has 1 aromatic rings. The first kappa shape index (κ1) is 4.90. The van der Waals surface area contributed by atoms with Gasteiger partial charge in [0.25, 0.3) is 0 Å². The van der Waals surface area contributed by atoms with Gasteiger partial charge in [-0.2, -0.15) is 0 Å². The third-order valence-corrected chi connectivity index (χ3v) is 0.685. The standard InChI is InChI=1S/C5H5N3/c6-5-1-2-7-3-4-8-5/h1-4,6H. The Morgan fingerprint density at radius 3 is 3.00 bits per heavy atom. The Morgan fingerprint density at radius 1 is 1.25 bits per heavy atom. The van der Waals surface area contributed by atoms with Gasteiger partial charge < -0.3 is 0 Å². The van der Waals surface area contributed by atoms with E-state index >= 15 is 0 Å². The molecule has 0 aliphatic carbocycles. The van der Waals surface area contributed by atoms with Crippen LogP contribution < -0.4 is 5.49 Å². The lowest BCUT2D eigenvalue weighted by Crippen LogP contribution is -1.96. The van der Waals surface area contributed by atoms with Crippen LogP contribution in [0.25, 0.3) is 0 Å². The fourth-order valence-electron chi connectivity index (χ4n) is 0.358. The maximum atomic E-state index is 6.96. The maximum Gasteiger partial charge on any atom is 0.145 e. The van der Waals surface area contributed by atoms with Crippen LogP contribution in [0.2, 0.25) is 0 Å². The average Bonchev–Trinajstić information content (AvgIpc) is 1.94. The number of nitrogens with one attached hydrogen (secondary N) is 1. The molecule has 0 atom stereocenters. The number of nitrogens with zero attached hydrogens (tertiary/aromatic N) is 2. The first-order valence-electron chi connectivity index (χ1n) is 2.20. The number of aromatic nitrogens is 2. The van der Waals surface area contributed by atoms with E-state index in [0.717, 1.165) is 0 Å². The molecule has 0 bridgehead atoms. The highest BCUT2D eigenvalue weighted by Gasteiger charge is 1.67. The summed E-state index contributed by atoms with van der Waals surface area (Å²) in [5, 5.41) is 6.96. The monoisotopic (exact) mass is 107 g/mol. The van der Waals surface area contributed by atoms with Crippen LogP contribution in [0.5, 0.6) is 0 Å². The molecule has 1 heterocycles. The Kier molecular flexibility index (Phi) is 1.32. The van der Waals surface area contributed by atoms with E-state index in [1.807, 2.05) is 0 Å². The number of rotatable bonds is 0. The highest BCUT2D eigenvalue weighted by molar-refractivity contribution is 4.76. The minimum atomic E-state index is 0.238. The summed E-state index contributed by atoms with van der Waals surface area (Å²) in [6, 6.07) is 1.53. The molecule has 0 aliphatic rings. The molecular weight excluding hydrogens is 102 g/mol. The van der Waals surface area contributed by atoms with Gasteiger partial charge in [-0.15, -0.1) is 0 Å². The summed E-state index contributed by atoms with van der Waals surface area (Å²) in [6.07, 6.45) is 4.57. The zero-order valence-corrected chi connectivity index (χ0v) is 4.20. The highest BCUT2D eigenvalue weighted by Crippen LogP contribution is 1.61. The summed E-state index contributed by atoms with van der Waals surface area (Å²) in [4.78, 5) is 7.37. The normalized spacial score (nSPS) is 8.50. The Labute approximate surface area is 46.6 Å². The van der Waals surface area contributed by atoms with E-state index in [-0.39, 0.29) is 5.49 Å². The van der Waals surface area contributed by atoms with Gasteiger partial charge in [0, 0.05) is 24.7 Å². The predicted molar refractivity (Wildman–Crippen MR) is 27.9 cm³/mol. The van der Waals surface area contributed by atoms with E-state index < -0.39 is 0 Å². The van der Waals surface area contributed by atoms with E-state index in [4.69, 9.17) is 5.41 Å². The smallest absolute Gasteiger partial charge is 0.145 e. The Balaban J connectivity index is 3.32. The molecule has 3 nitrogen and oxygen atoms in total. The number of hydrogen-bond donors (Lipinski definition) is 1. The molecule has 40 valence electrons. The summed E-state index contributed by atoms with van der Waals surface area (Å²) in [5.41, 5.74) is 0.238. The Morgan fingerprint density at radius 2 is 2.12 bits per heavy atom. The van der Waals surface area contributed by atoms with Gasteiger partial charge in [-0.1, -0.05) is 0 Å². The third-order valence-electron chi connectivity index (χ3n) is 0.685. The van der Waals surface area contributed by atoms with Gasteiger partial charge in [-0.3, -0.25) is 10.4 Å². The van der Waals surface area contributed by atoms with Crippen molar-refractivity contribution in [3.05, 3.63) is 30.1 Å². The van der Waals surface area contributed by atoms with Crippen molar-refractivity contribution >= 4 is 0 Å². The van der Waals surface area contributed by atoms with Crippen LogP contribution in [0, 0.1) is 5.41 Å². The van der Waals surface area contributed by atoms with Crippen molar-refractivity contribution in [3.8, 4) is 0 Å². The molecule has 0 saturated heterocycles. The minimum Gasteiger partial charge on any atom is -0.283 e. The zero-order chi connectivity index (χ0) is 5.82. The van der Waals surface area contributed by atoms with Crippen molar-refractivity contribution in [2.75, 3.05) is 0 Å². The quantitative estimate of drug-likeness (QED) is 0.505. The predicted octanol–water partition coefficient (Wildman–Crippen LogP) is -0.0439. The van der Waals surface area contributed by atoms with Crippen molar-refractivity contribution in [2.24, 2.45) is 0 Å². The van der Waals surface area contributed by atoms with Crippen LogP contribution in [-0.4, -0.2) is 9.97 Å². The van der Waals surface area contributed by atoms with E-state index in [9.17, 15) is 0 Å². The third kappa shape index (κ3) is 1.11. The second-order valence-electron chi connectivity index (χ2n) is 1.28. The van der Waals surface area contributed by atoms with Crippen LogP contribution in [-0.2, 0) is 0 Å². The molecule has 3 heteroatoms. The van der Waals surface area contributed by atoms with Gasteiger partial charge in [0.05, 0.1) is 0 Å². The van der Waals surface area contributed by atoms with Gasteiger partial charge in [-0.25, -0.2) is 4.98 Å². The average molecular weight is 107 g/mol. The van der Waals surface area contributed by atoms with E-state index in [1.165, 1.54) is 24.7 Å². The fraction of sp³-hybridized carbons (Fsp3) is 0. The molecule has 0 amide bonds. The SMILES string of the molecule is N=c1ccnccn1. The van der Waals surface area contributed by atoms with E-state index in [2.05, 4.69) is 9.97 Å². The summed E-state index contributed by atoms with van der Waals surface area (Å²) in [7, 11) is 0. The van der Waals surface area contributed by atoms with Gasteiger partial charge in [0.1, 0.15) is 5.49 Å². The lowest BCUT2D eigenvalue weighted by Gasteiger charge is -1.60. The summed E-state index contributed by atoms with van der Waals surface area (Å²) < 4.78 is 0. The topological polar surface area (TPSA) is 49.6 Å². The lowest BCUT2D eigenvalue weighted by molar-refractivity contribution is 1.12. The molecule has 0 spiro atoms. The van der Waals surface area contributed by atoms with Crippen LogP contribution in [0.15, 0.2) is 24.7 Å². The molecule has 0 unspecified atom stereocenters. The summed E-state index contributed by atoms with van der Waals surface area (Å²) in [6.45, 7) is 0. The number of hydrogen-bond acceptors (Lipinski definition) is 3. The summed E-state index contributed by atoms with van der Waals surface area (Å²) >= 11 is 0. The van der Waals surface area contributed by atoms with Crippen molar-refractivity contribution in [2.45, 2.75) is 0 Å². The van der Waals surface area contributed by atoms with Gasteiger partial charge in [-0.05, 0) is 0 Å². The van der Waals surface area contributed by atoms with Gasteiger partial charge >= 0.3 is 0 Å². The van der Waals surface area contributed by atoms with Gasteiger partial charge in [0.15, 0.2) is 0 Å². The lowest BCUT2D eigenvalue weighted by atomic mass is 10.7. The molecule has 0 aliphatic heterocycles. The molecule has 0 fully saturated rings. The molecule has 0 saturated carbocycles. The summed E-state index contributed by atoms with van der Waals surface area (Å²) in [5.74, 6) is 0. The Hall–Kier alpha value is -1.25. The highest BCUT2D eigenvalue weighted by atomic mass is 14.7. The largest absolute Gasteiger partial charge is 0.283 e. The second-order valence-corrected chi connectivity index (χ2v) is 1.28. The van der Waals surface area contributed by atoms with Crippen LogP contribution >= 0.6 is 0 Å². The maximum absolute atomic E-state index is 6.96. The first-order chi connectivity index (χ1) is 3.89.